The van der Waals surface area contributed by atoms with Crippen molar-refractivity contribution in [2.24, 2.45) is 0 Å². The van der Waals surface area contributed by atoms with Gasteiger partial charge in [-0.25, -0.2) is 0 Å². The van der Waals surface area contributed by atoms with E-state index in [1.54, 1.807) is 0 Å². The second kappa shape index (κ2) is 7.98. The van der Waals surface area contributed by atoms with E-state index >= 15 is 0 Å². The van der Waals surface area contributed by atoms with Gasteiger partial charge < -0.3 is 10.2 Å². The van der Waals surface area contributed by atoms with Gasteiger partial charge in [-0.2, -0.15) is 0 Å². The van der Waals surface area contributed by atoms with Crippen LogP contribution in [0.5, 0.6) is 0 Å². The van der Waals surface area contributed by atoms with E-state index in [0.717, 1.165) is 11.3 Å². The highest BCUT2D eigenvalue weighted by Gasteiger charge is 2.13. The number of aryl methyl sites for hydroxylation is 1. The highest BCUT2D eigenvalue weighted by molar-refractivity contribution is 5.99. The molecule has 0 saturated carbocycles. The van der Waals surface area contributed by atoms with Crippen molar-refractivity contribution in [3.8, 4) is 0 Å². The van der Waals surface area contributed by atoms with E-state index in [2.05, 4.69) is 5.32 Å². The fraction of sp³-hybridized carbons (Fsp3) is 0.222. The average Bonchev–Trinajstić information content (AvgIpc) is 2.55. The molecule has 1 N–H and O–H groups in total. The monoisotopic (exact) mass is 296 g/mol. The second-order valence-corrected chi connectivity index (χ2v) is 5.12. The van der Waals surface area contributed by atoms with Crippen molar-refractivity contribution in [1.29, 1.82) is 0 Å². The molecular formula is C18H20N2O2. The van der Waals surface area contributed by atoms with Crippen LogP contribution in [0.25, 0.3) is 0 Å². The largest absolute Gasteiger partial charge is 0.362 e. The number of carbonyl (C=O) groups excluding carboxylic acids is 2. The third-order valence-corrected chi connectivity index (χ3v) is 3.41. The molecule has 0 unspecified atom stereocenters. The molecule has 114 valence electrons. The van der Waals surface area contributed by atoms with Crippen molar-refractivity contribution in [2.75, 3.05) is 24.5 Å². The topological polar surface area (TPSA) is 49.4 Å². The maximum atomic E-state index is 12.4. The summed E-state index contributed by atoms with van der Waals surface area (Å²) in [4.78, 5) is 24.8. The Morgan fingerprint density at radius 1 is 1.14 bits per heavy atom. The minimum Gasteiger partial charge on any atom is -0.362 e. The summed E-state index contributed by atoms with van der Waals surface area (Å²) in [6.07, 6.45) is 0.674. The van der Waals surface area contributed by atoms with Crippen molar-refractivity contribution in [1.82, 2.24) is 5.32 Å². The van der Waals surface area contributed by atoms with Crippen LogP contribution in [-0.2, 0) is 4.79 Å². The third kappa shape index (κ3) is 4.45. The Hall–Kier alpha value is -2.62. The summed E-state index contributed by atoms with van der Waals surface area (Å²) in [6, 6.07) is 17.3. The van der Waals surface area contributed by atoms with E-state index in [0.29, 0.717) is 25.1 Å². The van der Waals surface area contributed by atoms with Gasteiger partial charge in [0.05, 0.1) is 6.54 Å². The van der Waals surface area contributed by atoms with Gasteiger partial charge in [0.25, 0.3) is 0 Å². The Labute approximate surface area is 130 Å². The number of hydrogen-bond donors (Lipinski definition) is 1. The first kappa shape index (κ1) is 15.8. The molecule has 0 saturated heterocycles. The first-order chi connectivity index (χ1) is 10.7. The minimum atomic E-state index is 0.0632. The van der Waals surface area contributed by atoms with Crippen molar-refractivity contribution in [3.63, 3.8) is 0 Å². The summed E-state index contributed by atoms with van der Waals surface area (Å²) in [5, 5.41) is 2.64. The van der Waals surface area contributed by atoms with E-state index in [1.807, 2.05) is 66.4 Å². The molecule has 0 aliphatic rings. The molecular weight excluding hydrogens is 276 g/mol. The number of hydrogen-bond acceptors (Lipinski definition) is 3. The number of ketones is 1. The Kier molecular flexibility index (Phi) is 5.72. The number of rotatable bonds is 8. The lowest BCUT2D eigenvalue weighted by atomic mass is 10.1. The summed E-state index contributed by atoms with van der Waals surface area (Å²) in [7, 11) is 0. The van der Waals surface area contributed by atoms with Gasteiger partial charge in [-0.1, -0.05) is 42.5 Å². The summed E-state index contributed by atoms with van der Waals surface area (Å²) in [5.41, 5.74) is 2.82. The van der Waals surface area contributed by atoms with Gasteiger partial charge in [-0.3, -0.25) is 9.59 Å². The lowest BCUT2D eigenvalue weighted by molar-refractivity contribution is -0.109. The maximum absolute atomic E-state index is 12.4. The van der Waals surface area contributed by atoms with Crippen LogP contribution in [0.15, 0.2) is 54.6 Å². The quantitative estimate of drug-likeness (QED) is 0.462. The summed E-state index contributed by atoms with van der Waals surface area (Å²) >= 11 is 0. The lowest BCUT2D eigenvalue weighted by Crippen LogP contribution is -2.35. The van der Waals surface area contributed by atoms with Gasteiger partial charge in [0, 0.05) is 24.3 Å². The molecule has 22 heavy (non-hydrogen) atoms. The molecule has 0 fully saturated rings. The normalized spacial score (nSPS) is 10.0. The maximum Gasteiger partial charge on any atom is 0.207 e. The van der Waals surface area contributed by atoms with Gasteiger partial charge in [-0.05, 0) is 24.6 Å². The molecule has 2 aromatic rings. The number of Topliss-reactive ketones (excluding diaryl/α,β-unsaturated/α-hetero) is 1. The molecule has 0 aromatic heterocycles. The van der Waals surface area contributed by atoms with Gasteiger partial charge in [0.1, 0.15) is 0 Å². The molecule has 0 aliphatic heterocycles. The zero-order valence-electron chi connectivity index (χ0n) is 12.7. The molecule has 4 nitrogen and oxygen atoms in total. The van der Waals surface area contributed by atoms with E-state index < -0.39 is 0 Å². The summed E-state index contributed by atoms with van der Waals surface area (Å²) in [5.74, 6) is 0.0632. The summed E-state index contributed by atoms with van der Waals surface area (Å²) in [6.45, 7) is 3.39. The van der Waals surface area contributed by atoms with Crippen LogP contribution in [0.4, 0.5) is 5.69 Å². The van der Waals surface area contributed by atoms with Crippen LogP contribution in [0.3, 0.4) is 0 Å². The van der Waals surface area contributed by atoms with Gasteiger partial charge in [0.2, 0.25) is 6.41 Å². The Morgan fingerprint density at radius 3 is 2.59 bits per heavy atom. The predicted octanol–water partition coefficient (Wildman–Crippen LogP) is 2.43. The zero-order chi connectivity index (χ0) is 15.8. The molecule has 1 amide bonds. The highest BCUT2D eigenvalue weighted by Crippen LogP contribution is 2.16. The van der Waals surface area contributed by atoms with Crippen molar-refractivity contribution in [3.05, 3.63) is 65.7 Å². The molecule has 2 rings (SSSR count). The smallest absolute Gasteiger partial charge is 0.207 e. The number of nitrogens with zero attached hydrogens (tertiary/aromatic N) is 1. The number of nitrogens with one attached hydrogen (secondary N) is 1. The van der Waals surface area contributed by atoms with Crippen LogP contribution in [0.1, 0.15) is 15.9 Å². The summed E-state index contributed by atoms with van der Waals surface area (Å²) < 4.78 is 0. The Bertz CT molecular complexity index is 626. The molecule has 0 heterocycles. The number of amides is 1. The number of anilines is 1. The standard InChI is InChI=1S/C18H20N2O2/c1-15-6-5-9-17(12-15)20(11-10-19-14-21)13-18(22)16-7-3-2-4-8-16/h2-9,12,14H,10-11,13H2,1H3,(H,19,21). The van der Waals surface area contributed by atoms with E-state index in [4.69, 9.17) is 0 Å². The Morgan fingerprint density at radius 2 is 1.91 bits per heavy atom. The molecule has 0 bridgehead atoms. The lowest BCUT2D eigenvalue weighted by Gasteiger charge is -2.24. The van der Waals surface area contributed by atoms with Crippen molar-refractivity contribution in [2.45, 2.75) is 6.92 Å². The molecule has 0 atom stereocenters. The first-order valence-corrected chi connectivity index (χ1v) is 7.27. The average molecular weight is 296 g/mol. The molecule has 0 radical (unpaired) electrons. The van der Waals surface area contributed by atoms with Crippen LogP contribution in [0, 0.1) is 6.92 Å². The second-order valence-electron chi connectivity index (χ2n) is 5.12. The molecule has 0 aliphatic carbocycles. The Balaban J connectivity index is 2.13. The van der Waals surface area contributed by atoms with E-state index in [1.165, 1.54) is 0 Å². The van der Waals surface area contributed by atoms with Crippen molar-refractivity contribution < 1.29 is 9.59 Å². The molecule has 0 spiro atoms. The van der Waals surface area contributed by atoms with Gasteiger partial charge in [0.15, 0.2) is 5.78 Å². The fourth-order valence-corrected chi connectivity index (χ4v) is 2.27. The van der Waals surface area contributed by atoms with Crippen LogP contribution < -0.4 is 10.2 Å². The fourth-order valence-electron chi connectivity index (χ4n) is 2.27. The predicted molar refractivity (Wildman–Crippen MR) is 88.2 cm³/mol. The number of benzene rings is 2. The third-order valence-electron chi connectivity index (χ3n) is 3.41. The van der Waals surface area contributed by atoms with Crippen molar-refractivity contribution >= 4 is 17.9 Å². The molecule has 2 aromatic carbocycles. The molecule has 4 heteroatoms. The minimum absolute atomic E-state index is 0.0632. The highest BCUT2D eigenvalue weighted by atomic mass is 16.1. The van der Waals surface area contributed by atoms with Gasteiger partial charge >= 0.3 is 0 Å². The number of carbonyl (C=O) groups is 2. The SMILES string of the molecule is Cc1cccc(N(CCNC=O)CC(=O)c2ccccc2)c1. The first-order valence-electron chi connectivity index (χ1n) is 7.27. The zero-order valence-corrected chi connectivity index (χ0v) is 12.7. The van der Waals surface area contributed by atoms with Crippen LogP contribution in [-0.4, -0.2) is 31.8 Å². The van der Waals surface area contributed by atoms with E-state index in [-0.39, 0.29) is 12.3 Å². The van der Waals surface area contributed by atoms with E-state index in [9.17, 15) is 9.59 Å². The van der Waals surface area contributed by atoms with Gasteiger partial charge in [-0.15, -0.1) is 0 Å². The van der Waals surface area contributed by atoms with Crippen LogP contribution in [0.2, 0.25) is 0 Å². The van der Waals surface area contributed by atoms with Crippen LogP contribution >= 0.6 is 0 Å².